The van der Waals surface area contributed by atoms with E-state index in [1.807, 2.05) is 12.1 Å². The highest BCUT2D eigenvalue weighted by Gasteiger charge is 2.15. The van der Waals surface area contributed by atoms with Gasteiger partial charge >= 0.3 is 0 Å². The van der Waals surface area contributed by atoms with Gasteiger partial charge in [-0.05, 0) is 73.8 Å². The van der Waals surface area contributed by atoms with Crippen LogP contribution in [0.15, 0.2) is 36.4 Å². The van der Waals surface area contributed by atoms with Crippen molar-refractivity contribution in [2.24, 2.45) is 5.92 Å². The summed E-state index contributed by atoms with van der Waals surface area (Å²) in [7, 11) is 1.67. The highest BCUT2D eigenvalue weighted by atomic mass is 32.1. The average Bonchev–Trinajstić information content (AvgIpc) is 3.30. The van der Waals surface area contributed by atoms with E-state index in [-0.39, 0.29) is 5.91 Å². The number of hydrogen-bond donors (Lipinski definition) is 2. The quantitative estimate of drug-likeness (QED) is 0.809. The van der Waals surface area contributed by atoms with Gasteiger partial charge < -0.3 is 15.4 Å². The number of ether oxygens (including phenoxy) is 1. The molecular formula is C19H24N2O2S. The fourth-order valence-corrected chi connectivity index (χ4v) is 3.91. The first-order valence-electron chi connectivity index (χ1n) is 8.45. The van der Waals surface area contributed by atoms with E-state index in [0.717, 1.165) is 25.3 Å². The van der Waals surface area contributed by atoms with Crippen LogP contribution in [-0.4, -0.2) is 26.1 Å². The van der Waals surface area contributed by atoms with Crippen LogP contribution in [0, 0.1) is 5.92 Å². The number of benzene rings is 1. The molecule has 1 atom stereocenters. The Labute approximate surface area is 147 Å². The van der Waals surface area contributed by atoms with Gasteiger partial charge in [0.25, 0.3) is 0 Å². The number of amides is 1. The van der Waals surface area contributed by atoms with Gasteiger partial charge in [-0.2, -0.15) is 0 Å². The Hall–Kier alpha value is -1.85. The van der Waals surface area contributed by atoms with Crippen LogP contribution >= 0.6 is 11.3 Å². The predicted octanol–water partition coefficient (Wildman–Crippen LogP) is 3.43. The standard InChI is InChI=1S/C19H24N2O2S/c1-23-16-5-3-15(4-6-16)18-8-7-17(24-18)13-21-19(22)9-2-14-10-11-20-12-14/h3-8,14,20H,2,9-13H2,1H3,(H,21,22). The van der Waals surface area contributed by atoms with Crippen LogP contribution in [0.1, 0.15) is 24.1 Å². The molecule has 1 unspecified atom stereocenters. The molecule has 5 heteroatoms. The molecule has 3 rings (SSSR count). The van der Waals surface area contributed by atoms with Crippen molar-refractivity contribution in [2.75, 3.05) is 20.2 Å². The number of carbonyl (C=O) groups excluding carboxylic acids is 1. The first-order valence-corrected chi connectivity index (χ1v) is 9.27. The Morgan fingerprint density at radius 1 is 1.29 bits per heavy atom. The third-order valence-electron chi connectivity index (χ3n) is 4.44. The third kappa shape index (κ3) is 4.58. The molecule has 1 saturated heterocycles. The van der Waals surface area contributed by atoms with Crippen molar-refractivity contribution in [3.63, 3.8) is 0 Å². The summed E-state index contributed by atoms with van der Waals surface area (Å²) in [4.78, 5) is 14.4. The molecular weight excluding hydrogens is 320 g/mol. The molecule has 1 aromatic heterocycles. The van der Waals surface area contributed by atoms with E-state index in [1.54, 1.807) is 18.4 Å². The lowest BCUT2D eigenvalue weighted by atomic mass is 10.0. The summed E-state index contributed by atoms with van der Waals surface area (Å²) in [5.74, 6) is 1.68. The van der Waals surface area contributed by atoms with Crippen molar-refractivity contribution < 1.29 is 9.53 Å². The second-order valence-electron chi connectivity index (χ2n) is 6.17. The predicted molar refractivity (Wildman–Crippen MR) is 98.4 cm³/mol. The van der Waals surface area contributed by atoms with E-state index >= 15 is 0 Å². The molecule has 2 N–H and O–H groups in total. The van der Waals surface area contributed by atoms with Crippen molar-refractivity contribution in [1.82, 2.24) is 10.6 Å². The molecule has 0 radical (unpaired) electrons. The fraction of sp³-hybridized carbons (Fsp3) is 0.421. The minimum Gasteiger partial charge on any atom is -0.497 e. The van der Waals surface area contributed by atoms with Crippen LogP contribution in [-0.2, 0) is 11.3 Å². The summed E-state index contributed by atoms with van der Waals surface area (Å²) in [6, 6.07) is 12.2. The zero-order valence-corrected chi connectivity index (χ0v) is 14.8. The van der Waals surface area contributed by atoms with Crippen molar-refractivity contribution in [3.8, 4) is 16.2 Å². The molecule has 2 heterocycles. The lowest BCUT2D eigenvalue weighted by Crippen LogP contribution is -2.23. The van der Waals surface area contributed by atoms with Gasteiger partial charge in [0, 0.05) is 16.2 Å². The van der Waals surface area contributed by atoms with Gasteiger partial charge in [-0.15, -0.1) is 11.3 Å². The van der Waals surface area contributed by atoms with E-state index < -0.39 is 0 Å². The van der Waals surface area contributed by atoms with Crippen molar-refractivity contribution in [3.05, 3.63) is 41.3 Å². The van der Waals surface area contributed by atoms with Gasteiger partial charge in [0.1, 0.15) is 5.75 Å². The lowest BCUT2D eigenvalue weighted by Gasteiger charge is -2.08. The zero-order chi connectivity index (χ0) is 16.8. The van der Waals surface area contributed by atoms with E-state index in [4.69, 9.17) is 4.74 Å². The maximum absolute atomic E-state index is 12.0. The summed E-state index contributed by atoms with van der Waals surface area (Å²) in [6.45, 7) is 2.77. The van der Waals surface area contributed by atoms with E-state index in [1.165, 1.54) is 21.7 Å². The SMILES string of the molecule is COc1ccc(-c2ccc(CNC(=O)CCC3CCNC3)s2)cc1. The molecule has 1 fully saturated rings. The van der Waals surface area contributed by atoms with Gasteiger partial charge in [0.05, 0.1) is 13.7 Å². The molecule has 0 saturated carbocycles. The monoisotopic (exact) mass is 344 g/mol. The number of methoxy groups -OCH3 is 1. The number of rotatable bonds is 7. The summed E-state index contributed by atoms with van der Waals surface area (Å²) < 4.78 is 5.19. The second-order valence-corrected chi connectivity index (χ2v) is 7.34. The van der Waals surface area contributed by atoms with Gasteiger partial charge in [-0.1, -0.05) is 0 Å². The number of carbonyl (C=O) groups is 1. The molecule has 1 aromatic carbocycles. The molecule has 0 bridgehead atoms. The summed E-state index contributed by atoms with van der Waals surface area (Å²) >= 11 is 1.72. The average molecular weight is 344 g/mol. The van der Waals surface area contributed by atoms with E-state index in [0.29, 0.717) is 18.9 Å². The van der Waals surface area contributed by atoms with Crippen LogP contribution in [0.5, 0.6) is 5.75 Å². The smallest absolute Gasteiger partial charge is 0.220 e. The number of nitrogens with one attached hydrogen (secondary N) is 2. The fourth-order valence-electron chi connectivity index (χ4n) is 2.95. The van der Waals surface area contributed by atoms with Crippen LogP contribution < -0.4 is 15.4 Å². The number of hydrogen-bond acceptors (Lipinski definition) is 4. The molecule has 0 aliphatic carbocycles. The van der Waals surface area contributed by atoms with Gasteiger partial charge in [-0.3, -0.25) is 4.79 Å². The first kappa shape index (κ1) is 17.0. The highest BCUT2D eigenvalue weighted by molar-refractivity contribution is 7.15. The van der Waals surface area contributed by atoms with Crippen LogP contribution in [0.25, 0.3) is 10.4 Å². The summed E-state index contributed by atoms with van der Waals surface area (Å²) in [6.07, 6.45) is 2.81. The minimum atomic E-state index is 0.154. The molecule has 1 aliphatic rings. The second kappa shape index (κ2) is 8.31. The third-order valence-corrected chi connectivity index (χ3v) is 5.57. The summed E-state index contributed by atoms with van der Waals surface area (Å²) in [5, 5.41) is 6.38. The van der Waals surface area contributed by atoms with Crippen LogP contribution in [0.4, 0.5) is 0 Å². The van der Waals surface area contributed by atoms with E-state index in [2.05, 4.69) is 34.9 Å². The number of thiophene rings is 1. The molecule has 1 aliphatic heterocycles. The Morgan fingerprint density at radius 3 is 2.83 bits per heavy atom. The van der Waals surface area contributed by atoms with Gasteiger partial charge in [0.15, 0.2) is 0 Å². The maximum atomic E-state index is 12.0. The van der Waals surface area contributed by atoms with Crippen molar-refractivity contribution >= 4 is 17.2 Å². The normalized spacial score (nSPS) is 17.0. The molecule has 2 aromatic rings. The maximum Gasteiger partial charge on any atom is 0.220 e. The minimum absolute atomic E-state index is 0.154. The van der Waals surface area contributed by atoms with Gasteiger partial charge in [0.2, 0.25) is 5.91 Å². The molecule has 1 amide bonds. The van der Waals surface area contributed by atoms with Crippen molar-refractivity contribution in [1.29, 1.82) is 0 Å². The summed E-state index contributed by atoms with van der Waals surface area (Å²) in [5.41, 5.74) is 1.17. The Morgan fingerprint density at radius 2 is 2.12 bits per heavy atom. The Balaban J connectivity index is 1.47. The van der Waals surface area contributed by atoms with Crippen LogP contribution in [0.3, 0.4) is 0 Å². The Kier molecular flexibility index (Phi) is 5.88. The van der Waals surface area contributed by atoms with E-state index in [9.17, 15) is 4.79 Å². The van der Waals surface area contributed by atoms with Gasteiger partial charge in [-0.25, -0.2) is 0 Å². The highest BCUT2D eigenvalue weighted by Crippen LogP contribution is 2.29. The zero-order valence-electron chi connectivity index (χ0n) is 14.0. The topological polar surface area (TPSA) is 50.4 Å². The molecule has 4 nitrogen and oxygen atoms in total. The largest absolute Gasteiger partial charge is 0.497 e. The molecule has 0 spiro atoms. The first-order chi connectivity index (χ1) is 11.7. The van der Waals surface area contributed by atoms with Crippen LogP contribution in [0.2, 0.25) is 0 Å². The Bertz CT molecular complexity index is 660. The molecule has 24 heavy (non-hydrogen) atoms. The van der Waals surface area contributed by atoms with Crippen molar-refractivity contribution in [2.45, 2.75) is 25.8 Å². The molecule has 128 valence electrons. The lowest BCUT2D eigenvalue weighted by molar-refractivity contribution is -0.121.